The Morgan fingerprint density at radius 1 is 1.42 bits per heavy atom. The zero-order chi connectivity index (χ0) is 17.1. The topological polar surface area (TPSA) is 91.2 Å². The number of carbonyl (C=O) groups excluding carboxylic acids is 1. The second-order valence-corrected chi connectivity index (χ2v) is 5.95. The molecule has 0 fully saturated rings. The average Bonchev–Trinajstić information content (AvgIpc) is 2.61. The maximum atomic E-state index is 11.7. The fraction of sp³-hybridized carbons (Fsp3) is 0.412. The zero-order valence-electron chi connectivity index (χ0n) is 13.9. The number of rotatable bonds is 4. The molecule has 1 aliphatic rings. The first kappa shape index (κ1) is 16.3. The van der Waals surface area contributed by atoms with E-state index in [1.807, 2.05) is 25.1 Å². The Morgan fingerprint density at radius 3 is 2.92 bits per heavy atom. The number of nitrogens with one attached hydrogen (secondary N) is 1. The van der Waals surface area contributed by atoms with E-state index in [0.717, 1.165) is 11.3 Å². The van der Waals surface area contributed by atoms with Gasteiger partial charge in [0.15, 0.2) is 5.82 Å². The van der Waals surface area contributed by atoms with Crippen LogP contribution in [0.2, 0.25) is 0 Å². The Balaban J connectivity index is 2.04. The molecule has 126 valence electrons. The monoisotopic (exact) mass is 327 g/mol. The first-order valence-corrected chi connectivity index (χ1v) is 8.02. The molecule has 0 saturated carbocycles. The summed E-state index contributed by atoms with van der Waals surface area (Å²) in [5, 5.41) is 12.6. The zero-order valence-corrected chi connectivity index (χ0v) is 13.9. The van der Waals surface area contributed by atoms with Crippen molar-refractivity contribution in [2.45, 2.75) is 32.9 Å². The van der Waals surface area contributed by atoms with Crippen molar-refractivity contribution in [2.24, 2.45) is 0 Å². The highest BCUT2D eigenvalue weighted by atomic mass is 16.3. The van der Waals surface area contributed by atoms with E-state index in [0.29, 0.717) is 36.8 Å². The first-order chi connectivity index (χ1) is 11.6. The van der Waals surface area contributed by atoms with Gasteiger partial charge < -0.3 is 15.3 Å². The van der Waals surface area contributed by atoms with E-state index in [4.69, 9.17) is 0 Å². The molecule has 0 saturated heterocycles. The Morgan fingerprint density at radius 2 is 2.25 bits per heavy atom. The summed E-state index contributed by atoms with van der Waals surface area (Å²) < 4.78 is 0. The van der Waals surface area contributed by atoms with Crippen molar-refractivity contribution >= 4 is 11.7 Å². The van der Waals surface area contributed by atoms with E-state index < -0.39 is 0 Å². The lowest BCUT2D eigenvalue weighted by molar-refractivity contribution is -0.129. The number of pyridine rings is 1. The first-order valence-electron chi connectivity index (χ1n) is 8.02. The molecule has 24 heavy (non-hydrogen) atoms. The fourth-order valence-electron chi connectivity index (χ4n) is 2.71. The minimum atomic E-state index is -0.119. The standard InChI is InChI=1S/C17H21N5O2/c1-11(10-23)19-16-13-6-8-22(12(2)24)9-15(13)20-17(21-16)14-5-3-4-7-18-14/h3-5,7,11,23H,6,8-10H2,1-2H3,(H,19,20,21)/t11-/m1/s1. The van der Waals surface area contributed by atoms with Gasteiger partial charge in [-0.25, -0.2) is 9.97 Å². The van der Waals surface area contributed by atoms with Crippen molar-refractivity contribution in [1.29, 1.82) is 0 Å². The van der Waals surface area contributed by atoms with Crippen LogP contribution in [0.1, 0.15) is 25.1 Å². The lowest BCUT2D eigenvalue weighted by Gasteiger charge is -2.29. The molecule has 1 aliphatic heterocycles. The minimum absolute atomic E-state index is 0.0112. The van der Waals surface area contributed by atoms with Crippen LogP contribution in [0, 0.1) is 0 Å². The van der Waals surface area contributed by atoms with Crippen molar-refractivity contribution in [2.75, 3.05) is 18.5 Å². The normalized spacial score (nSPS) is 14.9. The molecule has 1 atom stereocenters. The number of aliphatic hydroxyl groups excluding tert-OH is 1. The number of fused-ring (bicyclic) bond motifs is 1. The van der Waals surface area contributed by atoms with Crippen LogP contribution in [0.15, 0.2) is 24.4 Å². The van der Waals surface area contributed by atoms with Crippen LogP contribution in [0.3, 0.4) is 0 Å². The Bertz CT molecular complexity index is 735. The molecular formula is C17H21N5O2. The maximum Gasteiger partial charge on any atom is 0.219 e. The number of aliphatic hydroxyl groups is 1. The molecular weight excluding hydrogens is 306 g/mol. The third-order valence-electron chi connectivity index (χ3n) is 4.06. The van der Waals surface area contributed by atoms with Gasteiger partial charge in [-0.05, 0) is 25.5 Å². The number of carbonyl (C=O) groups is 1. The highest BCUT2D eigenvalue weighted by molar-refractivity contribution is 5.74. The van der Waals surface area contributed by atoms with E-state index in [1.165, 1.54) is 0 Å². The summed E-state index contributed by atoms with van der Waals surface area (Å²) in [7, 11) is 0. The van der Waals surface area contributed by atoms with Crippen LogP contribution in [-0.4, -0.2) is 50.1 Å². The van der Waals surface area contributed by atoms with Crippen molar-refractivity contribution in [3.63, 3.8) is 0 Å². The molecule has 1 amide bonds. The lowest BCUT2D eigenvalue weighted by Crippen LogP contribution is -2.36. The predicted octanol–water partition coefficient (Wildman–Crippen LogP) is 1.24. The van der Waals surface area contributed by atoms with Crippen LogP contribution >= 0.6 is 0 Å². The molecule has 7 heteroatoms. The van der Waals surface area contributed by atoms with Crippen LogP contribution in [0.5, 0.6) is 0 Å². The number of aromatic nitrogens is 3. The Kier molecular flexibility index (Phi) is 4.71. The number of hydrogen-bond acceptors (Lipinski definition) is 6. The molecule has 3 heterocycles. The molecule has 0 radical (unpaired) electrons. The molecule has 0 aliphatic carbocycles. The molecule has 0 bridgehead atoms. The van der Waals surface area contributed by atoms with E-state index >= 15 is 0 Å². The number of hydrogen-bond donors (Lipinski definition) is 2. The van der Waals surface area contributed by atoms with Gasteiger partial charge in [0.05, 0.1) is 18.8 Å². The SMILES string of the molecule is CC(=O)N1CCc2c(nc(-c3ccccn3)nc2N[C@H](C)CO)C1. The minimum Gasteiger partial charge on any atom is -0.394 e. The van der Waals surface area contributed by atoms with E-state index in [9.17, 15) is 9.90 Å². The summed E-state index contributed by atoms with van der Waals surface area (Å²) in [6.45, 7) is 4.59. The quantitative estimate of drug-likeness (QED) is 0.878. The third-order valence-corrected chi connectivity index (χ3v) is 4.06. The number of amides is 1. The van der Waals surface area contributed by atoms with Crippen molar-refractivity contribution in [1.82, 2.24) is 19.9 Å². The third kappa shape index (κ3) is 3.35. The van der Waals surface area contributed by atoms with Gasteiger partial charge >= 0.3 is 0 Å². The largest absolute Gasteiger partial charge is 0.394 e. The molecule has 0 spiro atoms. The van der Waals surface area contributed by atoms with Crippen molar-refractivity contribution < 1.29 is 9.90 Å². The highest BCUT2D eigenvalue weighted by Crippen LogP contribution is 2.27. The Hall–Kier alpha value is -2.54. The summed E-state index contributed by atoms with van der Waals surface area (Å²) in [5.41, 5.74) is 2.52. The number of anilines is 1. The molecule has 3 rings (SSSR count). The fourth-order valence-corrected chi connectivity index (χ4v) is 2.71. The van der Waals surface area contributed by atoms with Crippen LogP contribution < -0.4 is 5.32 Å². The van der Waals surface area contributed by atoms with Gasteiger partial charge in [0.2, 0.25) is 5.91 Å². The van der Waals surface area contributed by atoms with Gasteiger partial charge in [0.1, 0.15) is 11.5 Å². The van der Waals surface area contributed by atoms with Gasteiger partial charge in [-0.15, -0.1) is 0 Å². The van der Waals surface area contributed by atoms with Crippen LogP contribution in [0.4, 0.5) is 5.82 Å². The van der Waals surface area contributed by atoms with Gasteiger partial charge in [-0.2, -0.15) is 0 Å². The van der Waals surface area contributed by atoms with Crippen LogP contribution in [0.25, 0.3) is 11.5 Å². The van der Waals surface area contributed by atoms with Crippen LogP contribution in [-0.2, 0) is 17.8 Å². The molecule has 2 aromatic heterocycles. The smallest absolute Gasteiger partial charge is 0.219 e. The predicted molar refractivity (Wildman–Crippen MR) is 90.2 cm³/mol. The van der Waals surface area contributed by atoms with Crippen molar-refractivity contribution in [3.05, 3.63) is 35.7 Å². The second-order valence-electron chi connectivity index (χ2n) is 5.95. The summed E-state index contributed by atoms with van der Waals surface area (Å²) in [5.74, 6) is 1.27. The number of nitrogens with zero attached hydrogens (tertiary/aromatic N) is 4. The maximum absolute atomic E-state index is 11.7. The molecule has 7 nitrogen and oxygen atoms in total. The van der Waals surface area contributed by atoms with E-state index in [2.05, 4.69) is 20.3 Å². The molecule has 2 aromatic rings. The van der Waals surface area contributed by atoms with Gasteiger partial charge in [0.25, 0.3) is 0 Å². The summed E-state index contributed by atoms with van der Waals surface area (Å²) in [4.78, 5) is 27.0. The summed E-state index contributed by atoms with van der Waals surface area (Å²) >= 11 is 0. The van der Waals surface area contributed by atoms with E-state index in [1.54, 1.807) is 18.0 Å². The van der Waals surface area contributed by atoms with Gasteiger partial charge in [-0.3, -0.25) is 9.78 Å². The summed E-state index contributed by atoms with van der Waals surface area (Å²) in [6, 6.07) is 5.46. The van der Waals surface area contributed by atoms with Crippen molar-refractivity contribution in [3.8, 4) is 11.5 Å². The van der Waals surface area contributed by atoms with Gasteiger partial charge in [0, 0.05) is 31.3 Å². The van der Waals surface area contributed by atoms with Gasteiger partial charge in [-0.1, -0.05) is 6.07 Å². The second kappa shape index (κ2) is 6.92. The average molecular weight is 327 g/mol. The highest BCUT2D eigenvalue weighted by Gasteiger charge is 2.24. The van der Waals surface area contributed by atoms with E-state index in [-0.39, 0.29) is 18.6 Å². The Labute approximate surface area is 140 Å². The summed E-state index contributed by atoms with van der Waals surface area (Å²) in [6.07, 6.45) is 2.39. The molecule has 0 aromatic carbocycles. The molecule has 2 N–H and O–H groups in total. The lowest BCUT2D eigenvalue weighted by atomic mass is 10.0. The molecule has 0 unspecified atom stereocenters.